The van der Waals surface area contributed by atoms with Crippen LogP contribution in [0, 0.1) is 0 Å². The van der Waals surface area contributed by atoms with Crippen molar-refractivity contribution in [2.75, 3.05) is 14.2 Å². The number of amides is 2. The second-order valence-corrected chi connectivity index (χ2v) is 7.41. The summed E-state index contributed by atoms with van der Waals surface area (Å²) in [7, 11) is 3.01. The number of allylic oxidation sites excluding steroid dienone is 1. The van der Waals surface area contributed by atoms with Gasteiger partial charge in [-0.2, -0.15) is 0 Å². The first-order chi connectivity index (χ1) is 13.8. The predicted molar refractivity (Wildman–Crippen MR) is 110 cm³/mol. The van der Waals surface area contributed by atoms with E-state index in [9.17, 15) is 14.7 Å². The molecule has 0 radical (unpaired) electrons. The van der Waals surface area contributed by atoms with Gasteiger partial charge in [0.25, 0.3) is 0 Å². The summed E-state index contributed by atoms with van der Waals surface area (Å²) >= 11 is 3.28. The minimum Gasteiger partial charge on any atom is -0.503 e. The van der Waals surface area contributed by atoms with Crippen molar-refractivity contribution in [3.05, 3.63) is 69.3 Å². The lowest BCUT2D eigenvalue weighted by Gasteiger charge is -2.33. The molecule has 8 heteroatoms. The van der Waals surface area contributed by atoms with E-state index < -0.39 is 12.0 Å². The summed E-state index contributed by atoms with van der Waals surface area (Å²) < 4.78 is 11.1. The van der Waals surface area contributed by atoms with E-state index >= 15 is 0 Å². The fourth-order valence-corrected chi connectivity index (χ4v) is 3.53. The SMILES string of the molecule is COc1cc([C@@H]2NC(=O)N(C)C(C)=C2C(=O)OCc2ccccc2)cc(Br)c1O. The molecule has 1 heterocycles. The van der Waals surface area contributed by atoms with Crippen LogP contribution >= 0.6 is 15.9 Å². The highest BCUT2D eigenvalue weighted by Gasteiger charge is 2.35. The quantitative estimate of drug-likeness (QED) is 0.660. The Morgan fingerprint density at radius 1 is 1.28 bits per heavy atom. The number of phenols is 1. The van der Waals surface area contributed by atoms with Crippen LogP contribution in [0.3, 0.4) is 0 Å². The molecule has 2 aromatic rings. The zero-order chi connectivity index (χ0) is 21.1. The molecule has 0 bridgehead atoms. The van der Waals surface area contributed by atoms with Gasteiger partial charge >= 0.3 is 12.0 Å². The van der Waals surface area contributed by atoms with Crippen molar-refractivity contribution in [2.45, 2.75) is 19.6 Å². The van der Waals surface area contributed by atoms with Crippen molar-refractivity contribution in [3.63, 3.8) is 0 Å². The van der Waals surface area contributed by atoms with Gasteiger partial charge in [-0.05, 0) is 46.1 Å². The summed E-state index contributed by atoms with van der Waals surface area (Å²) in [4.78, 5) is 26.7. The minimum absolute atomic E-state index is 0.0654. The Labute approximate surface area is 177 Å². The molecule has 0 saturated heterocycles. The Bertz CT molecular complexity index is 975. The molecule has 2 aromatic carbocycles. The molecule has 0 fully saturated rings. The Morgan fingerprint density at radius 2 is 1.97 bits per heavy atom. The molecule has 152 valence electrons. The summed E-state index contributed by atoms with van der Waals surface area (Å²) in [6, 6.07) is 11.4. The minimum atomic E-state index is -0.757. The first kappa shape index (κ1) is 20.7. The number of rotatable bonds is 5. The molecule has 1 aliphatic rings. The van der Waals surface area contributed by atoms with Crippen molar-refractivity contribution >= 4 is 27.9 Å². The second-order valence-electron chi connectivity index (χ2n) is 6.56. The van der Waals surface area contributed by atoms with Crippen LogP contribution in [0.25, 0.3) is 0 Å². The fraction of sp³-hybridized carbons (Fsp3) is 0.238. The fourth-order valence-electron chi connectivity index (χ4n) is 3.07. The van der Waals surface area contributed by atoms with E-state index in [0.29, 0.717) is 21.3 Å². The summed E-state index contributed by atoms with van der Waals surface area (Å²) in [5.41, 5.74) is 2.22. The number of aromatic hydroxyl groups is 1. The second kappa shape index (κ2) is 8.57. The zero-order valence-corrected chi connectivity index (χ0v) is 17.8. The van der Waals surface area contributed by atoms with Crippen LogP contribution in [-0.4, -0.2) is 36.2 Å². The number of urea groups is 1. The number of benzene rings is 2. The molecule has 0 unspecified atom stereocenters. The number of halogens is 1. The predicted octanol–water partition coefficient (Wildman–Crippen LogP) is 3.88. The average Bonchev–Trinajstić information content (AvgIpc) is 2.72. The standard InChI is InChI=1S/C21H21BrN2O5/c1-12-17(20(26)29-11-13-7-5-4-6-8-13)18(23-21(27)24(12)2)14-9-15(22)19(25)16(10-14)28-3/h4-10,18,25H,11H2,1-3H3,(H,23,27)/t18-/m0/s1. The van der Waals surface area contributed by atoms with E-state index in [1.165, 1.54) is 12.0 Å². The van der Waals surface area contributed by atoms with Crippen LogP contribution in [0.15, 0.2) is 58.2 Å². The lowest BCUT2D eigenvalue weighted by atomic mass is 9.94. The van der Waals surface area contributed by atoms with E-state index in [4.69, 9.17) is 9.47 Å². The van der Waals surface area contributed by atoms with Gasteiger partial charge in [-0.15, -0.1) is 0 Å². The number of carbonyl (C=O) groups excluding carboxylic acids is 2. The Kier molecular flexibility index (Phi) is 6.12. The highest BCUT2D eigenvalue weighted by atomic mass is 79.9. The van der Waals surface area contributed by atoms with E-state index in [1.807, 2.05) is 30.3 Å². The first-order valence-corrected chi connectivity index (χ1v) is 9.65. The van der Waals surface area contributed by atoms with Gasteiger partial charge < -0.3 is 24.8 Å². The number of ether oxygens (including phenoxy) is 2. The summed E-state index contributed by atoms with van der Waals surface area (Å²) in [5.74, 6) is -0.381. The number of hydrogen-bond donors (Lipinski definition) is 2. The lowest BCUT2D eigenvalue weighted by molar-refractivity contribution is -0.141. The normalized spacial score (nSPS) is 16.5. The van der Waals surface area contributed by atoms with E-state index in [1.54, 1.807) is 26.1 Å². The number of phenolic OH excluding ortho intramolecular Hbond substituents is 1. The maximum absolute atomic E-state index is 13.0. The number of methoxy groups -OCH3 is 1. The molecule has 0 spiro atoms. The molecule has 0 saturated carbocycles. The van der Waals surface area contributed by atoms with Crippen molar-refractivity contribution in [1.29, 1.82) is 0 Å². The van der Waals surface area contributed by atoms with Crippen molar-refractivity contribution < 1.29 is 24.2 Å². The number of carbonyl (C=O) groups is 2. The molecule has 2 amide bonds. The first-order valence-electron chi connectivity index (χ1n) is 8.86. The van der Waals surface area contributed by atoms with E-state index in [2.05, 4.69) is 21.2 Å². The monoisotopic (exact) mass is 460 g/mol. The molecule has 7 nitrogen and oxygen atoms in total. The number of esters is 1. The number of nitrogens with zero attached hydrogens (tertiary/aromatic N) is 1. The molecule has 2 N–H and O–H groups in total. The van der Waals surface area contributed by atoms with Crippen LogP contribution in [0.1, 0.15) is 24.1 Å². The maximum Gasteiger partial charge on any atom is 0.338 e. The summed E-state index contributed by atoms with van der Waals surface area (Å²) in [5, 5.41) is 12.9. The maximum atomic E-state index is 13.0. The number of nitrogens with one attached hydrogen (secondary N) is 1. The molecule has 0 aromatic heterocycles. The van der Waals surface area contributed by atoms with Gasteiger partial charge in [0.2, 0.25) is 0 Å². The van der Waals surface area contributed by atoms with Crippen molar-refractivity contribution in [2.24, 2.45) is 0 Å². The van der Waals surface area contributed by atoms with Crippen molar-refractivity contribution in [3.8, 4) is 11.5 Å². The molecule has 0 aliphatic carbocycles. The van der Waals surface area contributed by atoms with Gasteiger partial charge in [-0.1, -0.05) is 30.3 Å². The van der Waals surface area contributed by atoms with Gasteiger partial charge in [0.1, 0.15) is 6.61 Å². The third-order valence-electron chi connectivity index (χ3n) is 4.79. The average molecular weight is 461 g/mol. The largest absolute Gasteiger partial charge is 0.503 e. The third kappa shape index (κ3) is 4.22. The molecule has 1 aliphatic heterocycles. The van der Waals surface area contributed by atoms with Crippen LogP contribution in [0.5, 0.6) is 11.5 Å². The van der Waals surface area contributed by atoms with E-state index in [-0.39, 0.29) is 24.1 Å². The smallest absolute Gasteiger partial charge is 0.338 e. The van der Waals surface area contributed by atoms with Crippen LogP contribution < -0.4 is 10.1 Å². The van der Waals surface area contributed by atoms with Crippen LogP contribution in [0.4, 0.5) is 4.79 Å². The highest BCUT2D eigenvalue weighted by Crippen LogP contribution is 2.40. The molecular weight excluding hydrogens is 440 g/mol. The molecule has 3 rings (SSSR count). The Hall–Kier alpha value is -3.00. The molecule has 1 atom stereocenters. The summed E-state index contributed by atoms with van der Waals surface area (Å²) in [6.07, 6.45) is 0. The number of hydrogen-bond acceptors (Lipinski definition) is 5. The van der Waals surface area contributed by atoms with E-state index in [0.717, 1.165) is 5.56 Å². The highest BCUT2D eigenvalue weighted by molar-refractivity contribution is 9.10. The summed E-state index contributed by atoms with van der Waals surface area (Å²) in [6.45, 7) is 1.81. The van der Waals surface area contributed by atoms with Gasteiger partial charge in [-0.3, -0.25) is 0 Å². The van der Waals surface area contributed by atoms with Crippen molar-refractivity contribution in [1.82, 2.24) is 10.2 Å². The zero-order valence-electron chi connectivity index (χ0n) is 16.2. The van der Waals surface area contributed by atoms with Crippen LogP contribution in [-0.2, 0) is 16.1 Å². The van der Waals surface area contributed by atoms with Gasteiger partial charge in [0, 0.05) is 12.7 Å². The Morgan fingerprint density at radius 3 is 2.62 bits per heavy atom. The lowest BCUT2D eigenvalue weighted by Crippen LogP contribution is -2.46. The third-order valence-corrected chi connectivity index (χ3v) is 5.40. The van der Waals surface area contributed by atoms with Gasteiger partial charge in [0.15, 0.2) is 11.5 Å². The van der Waals surface area contributed by atoms with Gasteiger partial charge in [-0.25, -0.2) is 9.59 Å². The van der Waals surface area contributed by atoms with Gasteiger partial charge in [0.05, 0.1) is 23.2 Å². The Balaban J connectivity index is 1.97. The topological polar surface area (TPSA) is 88.1 Å². The van der Waals surface area contributed by atoms with Crippen LogP contribution in [0.2, 0.25) is 0 Å². The molecule has 29 heavy (non-hydrogen) atoms. The molecular formula is C21H21BrN2O5.